The maximum absolute atomic E-state index is 12.3. The van der Waals surface area contributed by atoms with Crippen molar-refractivity contribution in [1.29, 1.82) is 0 Å². The van der Waals surface area contributed by atoms with E-state index >= 15 is 0 Å². The van der Waals surface area contributed by atoms with E-state index in [4.69, 9.17) is 0 Å². The molecule has 2 aromatic carbocycles. The zero-order valence-electron chi connectivity index (χ0n) is 16.0. The third-order valence-corrected chi connectivity index (χ3v) is 5.85. The van der Waals surface area contributed by atoms with Crippen molar-refractivity contribution in [3.05, 3.63) is 65.2 Å². The van der Waals surface area contributed by atoms with Gasteiger partial charge in [-0.2, -0.15) is 0 Å². The molecule has 27 heavy (non-hydrogen) atoms. The van der Waals surface area contributed by atoms with Gasteiger partial charge in [0.1, 0.15) is 0 Å². The number of hydrogen-bond acceptors (Lipinski definition) is 3. The minimum absolute atomic E-state index is 0.000924. The second-order valence-electron chi connectivity index (χ2n) is 6.44. The molecule has 0 heterocycles. The Balaban J connectivity index is 1.85. The van der Waals surface area contributed by atoms with E-state index < -0.39 is 10.0 Å². The molecule has 0 aliphatic heterocycles. The number of aryl methyl sites for hydroxylation is 3. The van der Waals surface area contributed by atoms with Crippen LogP contribution in [0.2, 0.25) is 0 Å². The van der Waals surface area contributed by atoms with Gasteiger partial charge in [-0.15, -0.1) is 0 Å². The molecule has 0 radical (unpaired) electrons. The fourth-order valence-corrected chi connectivity index (χ4v) is 3.97. The maximum Gasteiger partial charge on any atom is 0.239 e. The summed E-state index contributed by atoms with van der Waals surface area (Å²) >= 11 is 0. The lowest BCUT2D eigenvalue weighted by molar-refractivity contribution is -0.115. The highest BCUT2D eigenvalue weighted by Gasteiger charge is 2.14. The first-order chi connectivity index (χ1) is 12.9. The number of amides is 1. The zero-order valence-corrected chi connectivity index (χ0v) is 16.8. The molecule has 0 aromatic heterocycles. The summed E-state index contributed by atoms with van der Waals surface area (Å²) in [7, 11) is -3.48. The maximum atomic E-state index is 12.3. The first kappa shape index (κ1) is 21.1. The van der Waals surface area contributed by atoms with Gasteiger partial charge < -0.3 is 5.32 Å². The molecule has 146 valence electrons. The Bertz CT molecular complexity index is 827. The number of rotatable bonds is 10. The Kier molecular flexibility index (Phi) is 8.00. The summed E-state index contributed by atoms with van der Waals surface area (Å²) in [6, 6.07) is 15.7. The molecule has 0 aliphatic rings. The van der Waals surface area contributed by atoms with E-state index in [1.54, 1.807) is 0 Å². The van der Waals surface area contributed by atoms with Gasteiger partial charge in [0, 0.05) is 5.69 Å². The highest BCUT2D eigenvalue weighted by atomic mass is 32.2. The van der Waals surface area contributed by atoms with Crippen molar-refractivity contribution in [2.24, 2.45) is 0 Å². The Morgan fingerprint density at radius 2 is 1.56 bits per heavy atom. The molecule has 0 spiro atoms. The molecule has 2 N–H and O–H groups in total. The number of hydrogen-bond donors (Lipinski definition) is 2. The van der Waals surface area contributed by atoms with Crippen LogP contribution in [0, 0.1) is 0 Å². The number of carbonyl (C=O) groups is 1. The predicted octanol–water partition coefficient (Wildman–Crippen LogP) is 3.30. The molecule has 5 nitrogen and oxygen atoms in total. The standard InChI is InChI=1S/C21H28N2O3S/c1-3-18-13-8-14-19(4-2)21(18)23-20(24)16-22-27(25,26)15-9-12-17-10-6-5-7-11-17/h5-8,10-11,13-14,22H,3-4,9,12,15-16H2,1-2H3,(H,23,24). The van der Waals surface area contributed by atoms with Crippen LogP contribution < -0.4 is 10.0 Å². The van der Waals surface area contributed by atoms with Gasteiger partial charge in [-0.25, -0.2) is 13.1 Å². The Labute approximate surface area is 162 Å². The van der Waals surface area contributed by atoms with Crippen LogP contribution in [0.5, 0.6) is 0 Å². The van der Waals surface area contributed by atoms with Gasteiger partial charge in [-0.3, -0.25) is 4.79 Å². The van der Waals surface area contributed by atoms with E-state index in [1.807, 2.05) is 62.4 Å². The van der Waals surface area contributed by atoms with E-state index in [0.29, 0.717) is 12.8 Å². The zero-order chi connectivity index (χ0) is 19.7. The van der Waals surface area contributed by atoms with E-state index in [0.717, 1.165) is 35.2 Å². The lowest BCUT2D eigenvalue weighted by Gasteiger charge is -2.14. The Morgan fingerprint density at radius 1 is 0.926 bits per heavy atom. The fraction of sp³-hybridized carbons (Fsp3) is 0.381. The van der Waals surface area contributed by atoms with Crippen LogP contribution in [0.3, 0.4) is 0 Å². The first-order valence-electron chi connectivity index (χ1n) is 9.37. The number of carbonyl (C=O) groups excluding carboxylic acids is 1. The van der Waals surface area contributed by atoms with Gasteiger partial charge in [0.05, 0.1) is 12.3 Å². The second kappa shape index (κ2) is 10.2. The van der Waals surface area contributed by atoms with E-state index in [1.165, 1.54) is 0 Å². The third-order valence-electron chi connectivity index (χ3n) is 4.44. The molecule has 0 saturated carbocycles. The second-order valence-corrected chi connectivity index (χ2v) is 8.36. The molecular formula is C21H28N2O3S. The number of sulfonamides is 1. The highest BCUT2D eigenvalue weighted by Crippen LogP contribution is 2.22. The van der Waals surface area contributed by atoms with Gasteiger partial charge in [-0.1, -0.05) is 62.4 Å². The van der Waals surface area contributed by atoms with Crippen LogP contribution in [-0.2, 0) is 34.1 Å². The Morgan fingerprint density at radius 3 is 2.15 bits per heavy atom. The van der Waals surface area contributed by atoms with Gasteiger partial charge in [-0.05, 0) is 42.4 Å². The van der Waals surface area contributed by atoms with Crippen molar-refractivity contribution in [3.8, 4) is 0 Å². The molecular weight excluding hydrogens is 360 g/mol. The van der Waals surface area contributed by atoms with Crippen molar-refractivity contribution in [3.63, 3.8) is 0 Å². The van der Waals surface area contributed by atoms with Crippen LogP contribution in [0.15, 0.2) is 48.5 Å². The van der Waals surface area contributed by atoms with Gasteiger partial charge in [0.15, 0.2) is 0 Å². The number of nitrogens with one attached hydrogen (secondary N) is 2. The van der Waals surface area contributed by atoms with E-state index in [9.17, 15) is 13.2 Å². The van der Waals surface area contributed by atoms with Crippen LogP contribution >= 0.6 is 0 Å². The van der Waals surface area contributed by atoms with Crippen molar-refractivity contribution in [2.45, 2.75) is 39.5 Å². The van der Waals surface area contributed by atoms with Gasteiger partial charge >= 0.3 is 0 Å². The minimum atomic E-state index is -3.48. The summed E-state index contributed by atoms with van der Waals surface area (Å²) in [6.45, 7) is 3.80. The van der Waals surface area contributed by atoms with Crippen LogP contribution in [0.25, 0.3) is 0 Å². The van der Waals surface area contributed by atoms with Gasteiger partial charge in [0.2, 0.25) is 15.9 Å². The normalized spacial score (nSPS) is 11.3. The van der Waals surface area contributed by atoms with Gasteiger partial charge in [0.25, 0.3) is 0 Å². The minimum Gasteiger partial charge on any atom is -0.324 e. The smallest absolute Gasteiger partial charge is 0.239 e. The summed E-state index contributed by atoms with van der Waals surface area (Å²) in [5.41, 5.74) is 4.01. The number of para-hydroxylation sites is 1. The summed E-state index contributed by atoms with van der Waals surface area (Å²) in [4.78, 5) is 12.3. The molecule has 1 amide bonds. The Hall–Kier alpha value is -2.18. The summed E-state index contributed by atoms with van der Waals surface area (Å²) in [5.74, 6) is -0.349. The fourth-order valence-electron chi connectivity index (χ4n) is 2.95. The molecule has 0 aliphatic carbocycles. The molecule has 0 atom stereocenters. The van der Waals surface area contributed by atoms with Crippen molar-refractivity contribution in [2.75, 3.05) is 17.6 Å². The molecule has 0 fully saturated rings. The monoisotopic (exact) mass is 388 g/mol. The van der Waals surface area contributed by atoms with Crippen molar-refractivity contribution >= 4 is 21.6 Å². The van der Waals surface area contributed by atoms with Crippen LogP contribution in [0.1, 0.15) is 37.0 Å². The lowest BCUT2D eigenvalue weighted by Crippen LogP contribution is -2.34. The van der Waals surface area contributed by atoms with E-state index in [2.05, 4.69) is 10.0 Å². The average molecular weight is 389 g/mol. The summed E-state index contributed by atoms with van der Waals surface area (Å²) in [6.07, 6.45) is 2.81. The molecule has 6 heteroatoms. The van der Waals surface area contributed by atoms with Crippen molar-refractivity contribution in [1.82, 2.24) is 4.72 Å². The molecule has 2 rings (SSSR count). The SMILES string of the molecule is CCc1cccc(CC)c1NC(=O)CNS(=O)(=O)CCCc1ccccc1. The highest BCUT2D eigenvalue weighted by molar-refractivity contribution is 7.89. The van der Waals surface area contributed by atoms with E-state index in [-0.39, 0.29) is 18.2 Å². The first-order valence-corrected chi connectivity index (χ1v) is 11.0. The number of benzene rings is 2. The topological polar surface area (TPSA) is 75.3 Å². The van der Waals surface area contributed by atoms with Crippen LogP contribution in [0.4, 0.5) is 5.69 Å². The molecule has 2 aromatic rings. The molecule has 0 saturated heterocycles. The van der Waals surface area contributed by atoms with Crippen LogP contribution in [-0.4, -0.2) is 26.6 Å². The predicted molar refractivity (Wildman–Crippen MR) is 110 cm³/mol. The molecule has 0 unspecified atom stereocenters. The average Bonchev–Trinajstić information content (AvgIpc) is 2.67. The quantitative estimate of drug-likeness (QED) is 0.656. The summed E-state index contributed by atoms with van der Waals surface area (Å²) < 4.78 is 26.7. The number of anilines is 1. The molecule has 0 bridgehead atoms. The lowest BCUT2D eigenvalue weighted by atomic mass is 10.0. The van der Waals surface area contributed by atoms with Crippen molar-refractivity contribution < 1.29 is 13.2 Å². The largest absolute Gasteiger partial charge is 0.324 e. The third kappa shape index (κ3) is 6.81. The summed E-state index contributed by atoms with van der Waals surface area (Å²) in [5, 5.41) is 2.87.